The Morgan fingerprint density at radius 2 is 1.93 bits per heavy atom. The monoisotopic (exact) mass is 381 g/mol. The Labute approximate surface area is 168 Å². The predicted molar refractivity (Wildman–Crippen MR) is 115 cm³/mol. The topological polar surface area (TPSA) is 58.6 Å². The molecule has 0 unspecified atom stereocenters. The minimum Gasteiger partial charge on any atom is -0.493 e. The third-order valence-electron chi connectivity index (χ3n) is 4.50. The van der Waals surface area contributed by atoms with E-state index in [-0.39, 0.29) is 6.42 Å². The second kappa shape index (κ2) is 12.7. The van der Waals surface area contributed by atoms with Crippen LogP contribution >= 0.6 is 0 Å². The molecule has 0 spiro atoms. The largest absolute Gasteiger partial charge is 0.493 e. The van der Waals surface area contributed by atoms with E-state index < -0.39 is 5.97 Å². The van der Waals surface area contributed by atoms with Gasteiger partial charge in [0.05, 0.1) is 13.0 Å². The van der Waals surface area contributed by atoms with Crippen LogP contribution in [0.5, 0.6) is 5.75 Å². The molecule has 0 saturated carbocycles. The van der Waals surface area contributed by atoms with Gasteiger partial charge in [0.15, 0.2) is 0 Å². The summed E-state index contributed by atoms with van der Waals surface area (Å²) in [5, 5.41) is 11.7. The SMILES string of the molecule is Cc1cc(/C=C/CNCCC(=O)O)ccc1OCCCCCc1ccccc1. The normalized spacial score (nSPS) is 11.0. The van der Waals surface area contributed by atoms with E-state index in [9.17, 15) is 4.79 Å². The van der Waals surface area contributed by atoms with Crippen molar-refractivity contribution in [2.45, 2.75) is 39.0 Å². The number of nitrogens with one attached hydrogen (secondary N) is 1. The maximum Gasteiger partial charge on any atom is 0.304 e. The van der Waals surface area contributed by atoms with Gasteiger partial charge in [-0.15, -0.1) is 0 Å². The van der Waals surface area contributed by atoms with Crippen molar-refractivity contribution in [1.82, 2.24) is 5.32 Å². The summed E-state index contributed by atoms with van der Waals surface area (Å²) in [5.41, 5.74) is 3.65. The minimum atomic E-state index is -0.779. The molecule has 0 aromatic heterocycles. The number of hydrogen-bond donors (Lipinski definition) is 2. The lowest BCUT2D eigenvalue weighted by molar-refractivity contribution is -0.136. The van der Waals surface area contributed by atoms with E-state index in [0.29, 0.717) is 13.1 Å². The fourth-order valence-electron chi connectivity index (χ4n) is 2.95. The average molecular weight is 382 g/mol. The molecule has 0 amide bonds. The zero-order chi connectivity index (χ0) is 20.0. The second-order valence-electron chi connectivity index (χ2n) is 6.92. The Morgan fingerprint density at radius 1 is 1.11 bits per heavy atom. The molecule has 150 valence electrons. The summed E-state index contributed by atoms with van der Waals surface area (Å²) in [6.07, 6.45) is 8.74. The van der Waals surface area contributed by atoms with Crippen molar-refractivity contribution in [3.63, 3.8) is 0 Å². The van der Waals surface area contributed by atoms with Gasteiger partial charge in [0.25, 0.3) is 0 Å². The van der Waals surface area contributed by atoms with Crippen molar-refractivity contribution in [2.24, 2.45) is 0 Å². The van der Waals surface area contributed by atoms with Crippen LogP contribution in [0.2, 0.25) is 0 Å². The molecular weight excluding hydrogens is 350 g/mol. The van der Waals surface area contributed by atoms with Crippen LogP contribution in [0.1, 0.15) is 42.4 Å². The standard InChI is InChI=1S/C24H31NO3/c1-20-19-22(12-8-16-25-17-15-24(26)27)13-14-23(20)28-18-7-3-6-11-21-9-4-2-5-10-21/h2,4-5,8-10,12-14,19,25H,3,6-7,11,15-18H2,1H3,(H,26,27)/b12-8+. The summed E-state index contributed by atoms with van der Waals surface area (Å²) in [4.78, 5) is 10.4. The molecule has 4 nitrogen and oxygen atoms in total. The minimum absolute atomic E-state index is 0.144. The predicted octanol–water partition coefficient (Wildman–Crippen LogP) is 4.86. The number of carboxylic acid groups (broad SMARTS) is 1. The van der Waals surface area contributed by atoms with Gasteiger partial charge in [0, 0.05) is 13.1 Å². The third kappa shape index (κ3) is 8.87. The molecule has 0 aliphatic rings. The van der Waals surface area contributed by atoms with Crippen molar-refractivity contribution in [3.8, 4) is 5.75 Å². The van der Waals surface area contributed by atoms with Gasteiger partial charge >= 0.3 is 5.97 Å². The molecule has 2 aromatic carbocycles. The molecule has 0 aliphatic carbocycles. The van der Waals surface area contributed by atoms with E-state index in [1.54, 1.807) is 0 Å². The molecule has 2 rings (SSSR count). The van der Waals surface area contributed by atoms with E-state index >= 15 is 0 Å². The summed E-state index contributed by atoms with van der Waals surface area (Å²) in [7, 11) is 0. The molecule has 0 bridgehead atoms. The summed E-state index contributed by atoms with van der Waals surface area (Å²) < 4.78 is 5.93. The van der Waals surface area contributed by atoms with Crippen molar-refractivity contribution >= 4 is 12.0 Å². The Hall–Kier alpha value is -2.59. The first-order valence-corrected chi connectivity index (χ1v) is 10.0. The van der Waals surface area contributed by atoms with Gasteiger partial charge < -0.3 is 15.2 Å². The molecule has 28 heavy (non-hydrogen) atoms. The Bertz CT molecular complexity index is 741. The highest BCUT2D eigenvalue weighted by Gasteiger charge is 2.01. The highest BCUT2D eigenvalue weighted by atomic mass is 16.5. The van der Waals surface area contributed by atoms with E-state index in [0.717, 1.165) is 36.3 Å². The van der Waals surface area contributed by atoms with E-state index in [4.69, 9.17) is 9.84 Å². The lowest BCUT2D eigenvalue weighted by atomic mass is 10.1. The van der Waals surface area contributed by atoms with Crippen molar-refractivity contribution < 1.29 is 14.6 Å². The van der Waals surface area contributed by atoms with E-state index in [2.05, 4.69) is 48.6 Å². The number of carbonyl (C=O) groups is 1. The van der Waals surface area contributed by atoms with Gasteiger partial charge in [-0.1, -0.05) is 48.6 Å². The summed E-state index contributed by atoms with van der Waals surface area (Å²) in [5.74, 6) is 0.165. The number of aliphatic carboxylic acids is 1. The van der Waals surface area contributed by atoms with E-state index in [1.165, 1.54) is 18.4 Å². The molecule has 0 radical (unpaired) electrons. The summed E-state index contributed by atoms with van der Waals surface area (Å²) in [6.45, 7) is 3.95. The molecular formula is C24H31NO3. The quantitative estimate of drug-likeness (QED) is 0.486. The molecule has 0 saturated heterocycles. The molecule has 0 fully saturated rings. The molecule has 0 heterocycles. The molecule has 4 heteroatoms. The lowest BCUT2D eigenvalue weighted by Crippen LogP contribution is -2.17. The van der Waals surface area contributed by atoms with Crippen LogP contribution in [0, 0.1) is 6.92 Å². The van der Waals surface area contributed by atoms with Crippen molar-refractivity contribution in [3.05, 3.63) is 71.3 Å². The van der Waals surface area contributed by atoms with Gasteiger partial charge in [0.2, 0.25) is 0 Å². The highest BCUT2D eigenvalue weighted by Crippen LogP contribution is 2.20. The zero-order valence-corrected chi connectivity index (χ0v) is 16.7. The summed E-state index contributed by atoms with van der Waals surface area (Å²) >= 11 is 0. The smallest absolute Gasteiger partial charge is 0.304 e. The average Bonchev–Trinajstić information content (AvgIpc) is 2.69. The molecule has 0 aliphatic heterocycles. The fraction of sp³-hybridized carbons (Fsp3) is 0.375. The van der Waals surface area contributed by atoms with Crippen molar-refractivity contribution in [2.75, 3.05) is 19.7 Å². The number of aryl methyl sites for hydroxylation is 2. The number of unbranched alkanes of at least 4 members (excludes halogenated alkanes) is 2. The van der Waals surface area contributed by atoms with Crippen LogP contribution in [0.3, 0.4) is 0 Å². The van der Waals surface area contributed by atoms with Gasteiger partial charge in [-0.3, -0.25) is 4.79 Å². The molecule has 2 aromatic rings. The maximum absolute atomic E-state index is 10.4. The van der Waals surface area contributed by atoms with Gasteiger partial charge in [-0.2, -0.15) is 0 Å². The fourth-order valence-corrected chi connectivity index (χ4v) is 2.95. The maximum atomic E-state index is 10.4. The second-order valence-corrected chi connectivity index (χ2v) is 6.92. The van der Waals surface area contributed by atoms with Crippen LogP contribution in [0.4, 0.5) is 0 Å². The Kier molecular flexibility index (Phi) is 9.87. The van der Waals surface area contributed by atoms with Gasteiger partial charge in [0.1, 0.15) is 5.75 Å². The number of benzene rings is 2. The third-order valence-corrected chi connectivity index (χ3v) is 4.50. The molecule has 0 atom stereocenters. The first-order chi connectivity index (χ1) is 13.6. The number of rotatable bonds is 13. The van der Waals surface area contributed by atoms with Gasteiger partial charge in [-0.05, 0) is 61.4 Å². The Morgan fingerprint density at radius 3 is 2.68 bits per heavy atom. The van der Waals surface area contributed by atoms with Crippen LogP contribution in [0.15, 0.2) is 54.6 Å². The van der Waals surface area contributed by atoms with Crippen LogP contribution in [-0.4, -0.2) is 30.8 Å². The van der Waals surface area contributed by atoms with Crippen LogP contribution < -0.4 is 10.1 Å². The van der Waals surface area contributed by atoms with Gasteiger partial charge in [-0.25, -0.2) is 0 Å². The highest BCUT2D eigenvalue weighted by molar-refractivity contribution is 5.66. The summed E-state index contributed by atoms with van der Waals surface area (Å²) in [6, 6.07) is 16.8. The lowest BCUT2D eigenvalue weighted by Gasteiger charge is -2.10. The zero-order valence-electron chi connectivity index (χ0n) is 16.7. The first-order valence-electron chi connectivity index (χ1n) is 10.0. The number of carboxylic acids is 1. The van der Waals surface area contributed by atoms with Crippen LogP contribution in [-0.2, 0) is 11.2 Å². The van der Waals surface area contributed by atoms with E-state index in [1.807, 2.05) is 24.3 Å². The number of ether oxygens (including phenoxy) is 1. The van der Waals surface area contributed by atoms with Crippen LogP contribution in [0.25, 0.3) is 6.08 Å². The first kappa shape index (κ1) is 21.7. The molecule has 2 N–H and O–H groups in total. The Balaban J connectivity index is 1.62. The number of hydrogen-bond acceptors (Lipinski definition) is 3. The van der Waals surface area contributed by atoms with Crippen molar-refractivity contribution in [1.29, 1.82) is 0 Å².